The fourth-order valence-corrected chi connectivity index (χ4v) is 2.37. The molecule has 0 aliphatic carbocycles. The Bertz CT molecular complexity index is 471. The zero-order valence-corrected chi connectivity index (χ0v) is 11.5. The first kappa shape index (κ1) is 11.9. The maximum absolute atomic E-state index is 5.57. The van der Waals surface area contributed by atoms with E-state index in [4.69, 9.17) is 10.3 Å². The third-order valence-electron chi connectivity index (χ3n) is 2.26. The summed E-state index contributed by atoms with van der Waals surface area (Å²) in [5.74, 6) is 6.35. The van der Waals surface area contributed by atoms with E-state index in [1.165, 1.54) is 0 Å². The van der Waals surface area contributed by atoms with Crippen LogP contribution in [0, 0.1) is 0 Å². The van der Waals surface area contributed by atoms with Gasteiger partial charge in [-0.15, -0.1) is 0 Å². The van der Waals surface area contributed by atoms with Gasteiger partial charge in [0.2, 0.25) is 0 Å². The molecule has 0 bridgehead atoms. The number of hydrazine groups is 1. The molecule has 0 spiro atoms. The van der Waals surface area contributed by atoms with Crippen LogP contribution in [0.3, 0.4) is 0 Å². The fraction of sp³-hybridized carbons (Fsp3) is 0.0909. The molecular formula is C11H10Br2N2O. The Labute approximate surface area is 110 Å². The van der Waals surface area contributed by atoms with Crippen molar-refractivity contribution < 1.29 is 4.42 Å². The monoisotopic (exact) mass is 344 g/mol. The summed E-state index contributed by atoms with van der Waals surface area (Å²) in [4.78, 5) is 0. The van der Waals surface area contributed by atoms with Crippen LogP contribution in [-0.4, -0.2) is 0 Å². The molecule has 0 aliphatic heterocycles. The average Bonchev–Trinajstić information content (AvgIpc) is 2.78. The lowest BCUT2D eigenvalue weighted by atomic mass is 10.1. The van der Waals surface area contributed by atoms with Crippen molar-refractivity contribution >= 4 is 31.9 Å². The Hall–Kier alpha value is -0.620. The molecule has 84 valence electrons. The molecule has 0 saturated carbocycles. The summed E-state index contributed by atoms with van der Waals surface area (Å²) in [6, 6.07) is 9.48. The lowest BCUT2D eigenvalue weighted by Crippen LogP contribution is -2.28. The van der Waals surface area contributed by atoms with E-state index in [-0.39, 0.29) is 6.04 Å². The van der Waals surface area contributed by atoms with Gasteiger partial charge in [-0.1, -0.05) is 31.9 Å². The molecule has 0 aliphatic rings. The fourth-order valence-electron chi connectivity index (χ4n) is 1.52. The number of rotatable bonds is 3. The second-order valence-electron chi connectivity index (χ2n) is 3.28. The van der Waals surface area contributed by atoms with E-state index < -0.39 is 0 Å². The van der Waals surface area contributed by atoms with Gasteiger partial charge in [0.1, 0.15) is 11.8 Å². The van der Waals surface area contributed by atoms with Crippen molar-refractivity contribution in [2.24, 2.45) is 5.84 Å². The number of nitrogens with two attached hydrogens (primary N) is 1. The topological polar surface area (TPSA) is 51.2 Å². The van der Waals surface area contributed by atoms with Crippen LogP contribution in [0.2, 0.25) is 0 Å². The van der Waals surface area contributed by atoms with Gasteiger partial charge in [-0.3, -0.25) is 5.84 Å². The molecule has 2 aromatic rings. The second kappa shape index (κ2) is 5.14. The number of furan rings is 1. The first-order chi connectivity index (χ1) is 7.72. The summed E-state index contributed by atoms with van der Waals surface area (Å²) in [7, 11) is 0. The van der Waals surface area contributed by atoms with E-state index in [0.717, 1.165) is 20.3 Å². The maximum Gasteiger partial charge on any atom is 0.126 e. The quantitative estimate of drug-likeness (QED) is 0.662. The highest BCUT2D eigenvalue weighted by atomic mass is 79.9. The van der Waals surface area contributed by atoms with Crippen LogP contribution in [0.25, 0.3) is 0 Å². The summed E-state index contributed by atoms with van der Waals surface area (Å²) in [6.07, 6.45) is 1.63. The van der Waals surface area contributed by atoms with Gasteiger partial charge >= 0.3 is 0 Å². The van der Waals surface area contributed by atoms with Gasteiger partial charge in [-0.05, 0) is 35.9 Å². The van der Waals surface area contributed by atoms with E-state index in [0.29, 0.717) is 0 Å². The molecule has 0 fully saturated rings. The molecule has 3 N–H and O–H groups in total. The molecule has 0 saturated heterocycles. The smallest absolute Gasteiger partial charge is 0.126 e. The standard InChI is InChI=1S/C11H10Br2N2O/c12-7-3-4-9(13)8(6-7)11(15-14)10-2-1-5-16-10/h1-6,11,15H,14H2. The number of hydrogen-bond acceptors (Lipinski definition) is 3. The van der Waals surface area contributed by atoms with Crippen molar-refractivity contribution in [3.05, 3.63) is 56.9 Å². The molecular weight excluding hydrogens is 336 g/mol. The zero-order chi connectivity index (χ0) is 11.5. The predicted molar refractivity (Wildman–Crippen MR) is 69.7 cm³/mol. The van der Waals surface area contributed by atoms with Crippen molar-refractivity contribution in [3.63, 3.8) is 0 Å². The number of halogens is 2. The molecule has 16 heavy (non-hydrogen) atoms. The molecule has 1 aromatic heterocycles. The molecule has 0 radical (unpaired) electrons. The zero-order valence-electron chi connectivity index (χ0n) is 8.28. The van der Waals surface area contributed by atoms with Crippen LogP contribution in [0.1, 0.15) is 17.4 Å². The Morgan fingerprint density at radius 2 is 2.06 bits per heavy atom. The van der Waals surface area contributed by atoms with Gasteiger partial charge in [0, 0.05) is 8.95 Å². The van der Waals surface area contributed by atoms with Gasteiger partial charge in [-0.25, -0.2) is 5.43 Å². The molecule has 0 amide bonds. The number of nitrogens with one attached hydrogen (secondary N) is 1. The van der Waals surface area contributed by atoms with Gasteiger partial charge in [0.15, 0.2) is 0 Å². The van der Waals surface area contributed by atoms with Crippen LogP contribution < -0.4 is 11.3 Å². The van der Waals surface area contributed by atoms with Crippen molar-refractivity contribution in [2.45, 2.75) is 6.04 Å². The minimum atomic E-state index is -0.165. The summed E-state index contributed by atoms with van der Waals surface area (Å²) in [5.41, 5.74) is 3.76. The third-order valence-corrected chi connectivity index (χ3v) is 3.48. The molecule has 1 heterocycles. The van der Waals surface area contributed by atoms with Crippen molar-refractivity contribution in [1.82, 2.24) is 5.43 Å². The van der Waals surface area contributed by atoms with Crippen LogP contribution >= 0.6 is 31.9 Å². The van der Waals surface area contributed by atoms with Crippen molar-refractivity contribution in [2.75, 3.05) is 0 Å². The largest absolute Gasteiger partial charge is 0.467 e. The summed E-state index contributed by atoms with van der Waals surface area (Å²) < 4.78 is 7.34. The highest BCUT2D eigenvalue weighted by Gasteiger charge is 2.17. The van der Waals surface area contributed by atoms with Crippen LogP contribution in [0.15, 0.2) is 50.0 Å². The van der Waals surface area contributed by atoms with Crippen LogP contribution in [0.4, 0.5) is 0 Å². The van der Waals surface area contributed by atoms with Crippen LogP contribution in [-0.2, 0) is 0 Å². The Balaban J connectivity index is 2.44. The van der Waals surface area contributed by atoms with E-state index >= 15 is 0 Å². The molecule has 1 atom stereocenters. The molecule has 3 nitrogen and oxygen atoms in total. The SMILES string of the molecule is NNC(c1ccco1)c1cc(Br)ccc1Br. The van der Waals surface area contributed by atoms with Gasteiger partial charge in [0.25, 0.3) is 0 Å². The maximum atomic E-state index is 5.57. The number of hydrogen-bond donors (Lipinski definition) is 2. The Kier molecular flexibility index (Phi) is 3.81. The van der Waals surface area contributed by atoms with E-state index in [1.54, 1.807) is 6.26 Å². The highest BCUT2D eigenvalue weighted by Crippen LogP contribution is 2.30. The average molecular weight is 346 g/mol. The van der Waals surface area contributed by atoms with Crippen molar-refractivity contribution in [1.29, 1.82) is 0 Å². The summed E-state index contributed by atoms with van der Waals surface area (Å²) >= 11 is 6.94. The first-order valence-electron chi connectivity index (χ1n) is 4.67. The summed E-state index contributed by atoms with van der Waals surface area (Å²) in [6.45, 7) is 0. The van der Waals surface area contributed by atoms with Gasteiger partial charge in [-0.2, -0.15) is 0 Å². The lowest BCUT2D eigenvalue weighted by Gasteiger charge is -2.15. The minimum Gasteiger partial charge on any atom is -0.467 e. The predicted octanol–water partition coefficient (Wildman–Crippen LogP) is 3.36. The van der Waals surface area contributed by atoms with E-state index in [9.17, 15) is 0 Å². The van der Waals surface area contributed by atoms with Crippen molar-refractivity contribution in [3.8, 4) is 0 Å². The van der Waals surface area contributed by atoms with E-state index in [2.05, 4.69) is 37.3 Å². The summed E-state index contributed by atoms with van der Waals surface area (Å²) in [5, 5.41) is 0. The van der Waals surface area contributed by atoms with Crippen LogP contribution in [0.5, 0.6) is 0 Å². The Morgan fingerprint density at radius 1 is 1.25 bits per heavy atom. The Morgan fingerprint density at radius 3 is 2.69 bits per heavy atom. The lowest BCUT2D eigenvalue weighted by molar-refractivity contribution is 0.451. The third kappa shape index (κ3) is 2.38. The molecule has 1 unspecified atom stereocenters. The van der Waals surface area contributed by atoms with E-state index in [1.807, 2.05) is 30.3 Å². The molecule has 1 aromatic carbocycles. The molecule has 5 heteroatoms. The number of benzene rings is 1. The van der Waals surface area contributed by atoms with Gasteiger partial charge in [0.05, 0.1) is 6.26 Å². The van der Waals surface area contributed by atoms with Gasteiger partial charge < -0.3 is 4.42 Å². The molecule has 2 rings (SSSR count). The normalized spacial score (nSPS) is 12.7. The minimum absolute atomic E-state index is 0.165. The highest BCUT2D eigenvalue weighted by molar-refractivity contribution is 9.11. The second-order valence-corrected chi connectivity index (χ2v) is 5.05. The first-order valence-corrected chi connectivity index (χ1v) is 6.25.